The van der Waals surface area contributed by atoms with Gasteiger partial charge in [-0.3, -0.25) is 4.79 Å². The van der Waals surface area contributed by atoms with E-state index < -0.39 is 0 Å². The maximum Gasteiger partial charge on any atom is 0.257 e. The van der Waals surface area contributed by atoms with Gasteiger partial charge < -0.3 is 19.5 Å². The largest absolute Gasteiger partial charge is 0.490 e. The van der Waals surface area contributed by atoms with E-state index in [4.69, 9.17) is 25.8 Å². The normalized spacial score (nSPS) is 10.2. The number of benzene rings is 1. The van der Waals surface area contributed by atoms with Crippen molar-refractivity contribution in [2.45, 2.75) is 20.8 Å². The molecule has 0 radical (unpaired) electrons. The van der Waals surface area contributed by atoms with Crippen LogP contribution >= 0.6 is 11.6 Å². The van der Waals surface area contributed by atoms with Crippen molar-refractivity contribution >= 4 is 23.3 Å². The Morgan fingerprint density at radius 3 is 2.16 bits per heavy atom. The second kappa shape index (κ2) is 9.13. The van der Waals surface area contributed by atoms with E-state index in [1.165, 1.54) is 0 Å². The summed E-state index contributed by atoms with van der Waals surface area (Å²) in [6.07, 6.45) is 0. The van der Waals surface area contributed by atoms with Crippen molar-refractivity contribution in [1.82, 2.24) is 4.98 Å². The first-order valence-electron chi connectivity index (χ1n) is 8.09. The van der Waals surface area contributed by atoms with E-state index in [9.17, 15) is 4.79 Å². The Kier molecular flexibility index (Phi) is 6.89. The van der Waals surface area contributed by atoms with Crippen LogP contribution in [0.1, 0.15) is 31.1 Å². The van der Waals surface area contributed by atoms with Gasteiger partial charge in [0.2, 0.25) is 5.75 Å². The van der Waals surface area contributed by atoms with Crippen molar-refractivity contribution in [3.8, 4) is 17.2 Å². The molecule has 134 valence electrons. The average Bonchev–Trinajstić information content (AvgIpc) is 2.58. The lowest BCUT2D eigenvalue weighted by Gasteiger charge is -2.17. The highest BCUT2D eigenvalue weighted by Crippen LogP contribution is 2.39. The van der Waals surface area contributed by atoms with Crippen LogP contribution in [0.15, 0.2) is 30.3 Å². The van der Waals surface area contributed by atoms with Crippen LogP contribution in [-0.4, -0.2) is 30.7 Å². The smallest absolute Gasteiger partial charge is 0.257 e. The maximum atomic E-state index is 12.6. The second-order valence-electron chi connectivity index (χ2n) is 4.90. The summed E-state index contributed by atoms with van der Waals surface area (Å²) in [6, 6.07) is 8.24. The zero-order valence-electron chi connectivity index (χ0n) is 14.5. The van der Waals surface area contributed by atoms with E-state index in [0.717, 1.165) is 0 Å². The molecule has 1 aromatic carbocycles. The molecule has 25 heavy (non-hydrogen) atoms. The van der Waals surface area contributed by atoms with E-state index in [2.05, 4.69) is 10.3 Å². The van der Waals surface area contributed by atoms with Gasteiger partial charge >= 0.3 is 0 Å². The molecule has 2 rings (SSSR count). The number of hydrogen-bond donors (Lipinski definition) is 1. The minimum absolute atomic E-state index is 0.300. The molecule has 0 bridgehead atoms. The predicted molar refractivity (Wildman–Crippen MR) is 97.1 cm³/mol. The molecule has 6 nitrogen and oxygen atoms in total. The molecule has 1 amide bonds. The third kappa shape index (κ3) is 5.00. The lowest BCUT2D eigenvalue weighted by Crippen LogP contribution is -2.14. The molecule has 0 fully saturated rings. The number of carbonyl (C=O) groups is 1. The van der Waals surface area contributed by atoms with Gasteiger partial charge in [0.25, 0.3) is 5.91 Å². The number of pyridine rings is 1. The summed E-state index contributed by atoms with van der Waals surface area (Å²) >= 11 is 5.84. The van der Waals surface area contributed by atoms with Gasteiger partial charge in [0.15, 0.2) is 11.5 Å². The van der Waals surface area contributed by atoms with Gasteiger partial charge in [-0.25, -0.2) is 4.98 Å². The van der Waals surface area contributed by atoms with Crippen molar-refractivity contribution < 1.29 is 19.0 Å². The molecule has 7 heteroatoms. The number of hydrogen-bond acceptors (Lipinski definition) is 5. The van der Waals surface area contributed by atoms with E-state index in [1.807, 2.05) is 20.8 Å². The van der Waals surface area contributed by atoms with Crippen molar-refractivity contribution in [2.24, 2.45) is 0 Å². The lowest BCUT2D eigenvalue weighted by molar-refractivity contribution is 0.102. The van der Waals surface area contributed by atoms with Gasteiger partial charge in [-0.2, -0.15) is 0 Å². The van der Waals surface area contributed by atoms with Gasteiger partial charge in [-0.15, -0.1) is 0 Å². The maximum absolute atomic E-state index is 12.6. The minimum Gasteiger partial charge on any atom is -0.490 e. The number of halogens is 1. The van der Waals surface area contributed by atoms with Gasteiger partial charge in [0.05, 0.1) is 19.8 Å². The minimum atomic E-state index is -0.347. The summed E-state index contributed by atoms with van der Waals surface area (Å²) in [5.41, 5.74) is 0.372. The number of aromatic nitrogens is 1. The first-order chi connectivity index (χ1) is 12.1. The predicted octanol–water partition coefficient (Wildman–Crippen LogP) is 4.18. The van der Waals surface area contributed by atoms with Crippen LogP contribution in [0.4, 0.5) is 5.82 Å². The molecule has 0 spiro atoms. The van der Waals surface area contributed by atoms with Crippen molar-refractivity contribution in [3.05, 3.63) is 41.0 Å². The number of ether oxygens (including phenoxy) is 3. The van der Waals surface area contributed by atoms with Gasteiger partial charge in [-0.1, -0.05) is 17.7 Å². The first kappa shape index (κ1) is 18.9. The van der Waals surface area contributed by atoms with Crippen molar-refractivity contribution in [1.29, 1.82) is 0 Å². The first-order valence-corrected chi connectivity index (χ1v) is 8.47. The molecule has 1 aromatic heterocycles. The monoisotopic (exact) mass is 364 g/mol. The van der Waals surface area contributed by atoms with Crippen LogP contribution in [0.2, 0.25) is 5.15 Å². The molecule has 0 unspecified atom stereocenters. The van der Waals surface area contributed by atoms with Crippen LogP contribution in [0.25, 0.3) is 0 Å². The van der Waals surface area contributed by atoms with E-state index >= 15 is 0 Å². The molecule has 0 aliphatic heterocycles. The third-order valence-electron chi connectivity index (χ3n) is 3.13. The summed E-state index contributed by atoms with van der Waals surface area (Å²) in [4.78, 5) is 16.6. The van der Waals surface area contributed by atoms with E-state index in [-0.39, 0.29) is 5.91 Å². The summed E-state index contributed by atoms with van der Waals surface area (Å²) < 4.78 is 16.9. The second-order valence-corrected chi connectivity index (χ2v) is 5.29. The number of rotatable bonds is 8. The highest BCUT2D eigenvalue weighted by atomic mass is 35.5. The topological polar surface area (TPSA) is 69.7 Å². The number of nitrogens with one attached hydrogen (secondary N) is 1. The number of carbonyl (C=O) groups excluding carboxylic acids is 1. The molecule has 2 aromatic rings. The quantitative estimate of drug-likeness (QED) is 0.711. The van der Waals surface area contributed by atoms with Crippen molar-refractivity contribution in [3.63, 3.8) is 0 Å². The fourth-order valence-corrected chi connectivity index (χ4v) is 2.35. The van der Waals surface area contributed by atoms with E-state index in [1.54, 1.807) is 30.3 Å². The molecule has 1 heterocycles. The Morgan fingerprint density at radius 1 is 1.04 bits per heavy atom. The molecule has 0 saturated carbocycles. The standard InChI is InChI=1S/C18H21ClN2O4/c1-4-23-13-10-12(11-14(24-5-2)17(13)25-6-3)18(22)21-16-9-7-8-15(19)20-16/h7-11H,4-6H2,1-3H3,(H,20,21,22). The van der Waals surface area contributed by atoms with Crippen LogP contribution in [-0.2, 0) is 0 Å². The Morgan fingerprint density at radius 2 is 1.64 bits per heavy atom. The zero-order valence-corrected chi connectivity index (χ0v) is 15.2. The number of nitrogens with zero attached hydrogens (tertiary/aromatic N) is 1. The number of amides is 1. The average molecular weight is 365 g/mol. The highest BCUT2D eigenvalue weighted by Gasteiger charge is 2.18. The molecule has 0 saturated heterocycles. The van der Waals surface area contributed by atoms with Gasteiger partial charge in [0.1, 0.15) is 11.0 Å². The molecular formula is C18H21ClN2O4. The molecule has 1 N–H and O–H groups in total. The van der Waals surface area contributed by atoms with Crippen LogP contribution in [0.3, 0.4) is 0 Å². The zero-order chi connectivity index (χ0) is 18.2. The summed E-state index contributed by atoms with van der Waals surface area (Å²) in [6.45, 7) is 6.92. The summed E-state index contributed by atoms with van der Waals surface area (Å²) in [5.74, 6) is 1.42. The van der Waals surface area contributed by atoms with Gasteiger partial charge in [-0.05, 0) is 45.0 Å². The van der Waals surface area contributed by atoms with Crippen LogP contribution in [0, 0.1) is 0 Å². The fourth-order valence-electron chi connectivity index (χ4n) is 2.19. The van der Waals surface area contributed by atoms with Crippen LogP contribution in [0.5, 0.6) is 17.2 Å². The van der Waals surface area contributed by atoms with E-state index in [0.29, 0.717) is 53.6 Å². The van der Waals surface area contributed by atoms with Crippen molar-refractivity contribution in [2.75, 3.05) is 25.1 Å². The molecule has 0 atom stereocenters. The summed E-state index contributed by atoms with van der Waals surface area (Å²) in [5, 5.41) is 3.00. The third-order valence-corrected chi connectivity index (χ3v) is 3.34. The van der Waals surface area contributed by atoms with Crippen LogP contribution < -0.4 is 19.5 Å². The Hall–Kier alpha value is -2.47. The summed E-state index contributed by atoms with van der Waals surface area (Å²) in [7, 11) is 0. The molecule has 0 aliphatic carbocycles. The molecule has 0 aliphatic rings. The Labute approximate surface area is 152 Å². The SMILES string of the molecule is CCOc1cc(C(=O)Nc2cccc(Cl)n2)cc(OCC)c1OCC. The Balaban J connectivity index is 2.36. The van der Waals surface area contributed by atoms with Gasteiger partial charge in [0, 0.05) is 5.56 Å². The fraction of sp³-hybridized carbons (Fsp3) is 0.333. The lowest BCUT2D eigenvalue weighted by atomic mass is 10.1. The Bertz CT molecular complexity index is 710. The molecular weight excluding hydrogens is 344 g/mol. The number of anilines is 1. The highest BCUT2D eigenvalue weighted by molar-refractivity contribution is 6.29.